The molecule has 30 heavy (non-hydrogen) atoms. The number of H-pyrrole nitrogens is 1. The highest BCUT2D eigenvalue weighted by molar-refractivity contribution is 6.05. The first kappa shape index (κ1) is 26.1. The highest BCUT2D eigenvalue weighted by Crippen LogP contribution is 2.20. The zero-order valence-corrected chi connectivity index (χ0v) is 19.3. The Hall–Kier alpha value is -1.90. The molecule has 0 bridgehead atoms. The van der Waals surface area contributed by atoms with E-state index in [9.17, 15) is 14.4 Å². The van der Waals surface area contributed by atoms with E-state index in [1.807, 2.05) is 20.8 Å². The van der Waals surface area contributed by atoms with Gasteiger partial charge in [0, 0.05) is 18.8 Å². The van der Waals surface area contributed by atoms with Crippen molar-refractivity contribution in [3.8, 4) is 0 Å². The van der Waals surface area contributed by atoms with Crippen LogP contribution in [-0.4, -0.2) is 40.1 Å². The molecule has 10 heteroatoms. The number of amides is 1. The predicted molar refractivity (Wildman–Crippen MR) is 123 cm³/mol. The first-order valence-electron chi connectivity index (χ1n) is 10.1. The van der Waals surface area contributed by atoms with Crippen LogP contribution in [0.15, 0.2) is 15.7 Å². The Kier molecular flexibility index (Phi) is 10.0. The van der Waals surface area contributed by atoms with Gasteiger partial charge in [0.2, 0.25) is 0 Å². The zero-order valence-electron chi connectivity index (χ0n) is 17.6. The minimum atomic E-state index is -0.569. The number of carbonyl (C=O) groups excluding carboxylic acids is 1. The molecule has 0 aliphatic carbocycles. The molecule has 1 atom stereocenters. The second kappa shape index (κ2) is 11.5. The number of nitrogens with one attached hydrogen (secondary N) is 3. The van der Waals surface area contributed by atoms with Crippen LogP contribution < -0.4 is 21.9 Å². The average Bonchev–Trinajstić information content (AvgIpc) is 3.17. The van der Waals surface area contributed by atoms with Crippen LogP contribution in [0.4, 0.5) is 0 Å². The van der Waals surface area contributed by atoms with E-state index in [-0.39, 0.29) is 53.2 Å². The van der Waals surface area contributed by atoms with Crippen molar-refractivity contribution in [2.24, 2.45) is 5.92 Å². The number of nitrogens with zero attached hydrogens (tertiary/aromatic N) is 2. The molecular formula is C20H31Cl2N5O3. The molecule has 3 rings (SSSR count). The monoisotopic (exact) mass is 459 g/mol. The first-order valence-corrected chi connectivity index (χ1v) is 10.1. The topological polar surface area (TPSA) is 109 Å². The van der Waals surface area contributed by atoms with Crippen molar-refractivity contribution in [3.63, 3.8) is 0 Å². The maximum absolute atomic E-state index is 12.9. The highest BCUT2D eigenvalue weighted by Gasteiger charge is 2.21. The Morgan fingerprint density at radius 1 is 1.33 bits per heavy atom. The largest absolute Gasteiger partial charge is 0.352 e. The third kappa shape index (κ3) is 5.62. The van der Waals surface area contributed by atoms with Crippen LogP contribution in [-0.2, 0) is 6.54 Å². The van der Waals surface area contributed by atoms with Gasteiger partial charge in [0.15, 0.2) is 5.65 Å². The van der Waals surface area contributed by atoms with Crippen LogP contribution in [0.2, 0.25) is 0 Å². The lowest BCUT2D eigenvalue weighted by Crippen LogP contribution is -2.34. The van der Waals surface area contributed by atoms with E-state index in [0.29, 0.717) is 31.1 Å². The van der Waals surface area contributed by atoms with E-state index in [4.69, 9.17) is 0 Å². The smallest absolute Gasteiger partial charge is 0.329 e. The van der Waals surface area contributed by atoms with Gasteiger partial charge < -0.3 is 10.6 Å². The van der Waals surface area contributed by atoms with Crippen LogP contribution in [0.1, 0.15) is 62.0 Å². The standard InChI is InChI=1S/C20H29N5O3.2ClH/c1-4-9-25-17-16(19(27)24-20(25)28)14(10-15(23-17)12(2)3)18(26)22-8-6-13-5-7-21-11-13;;/h10,12-13,21H,4-9,11H2,1-3H3,(H,22,26)(H,24,27,28);2*1H. The summed E-state index contributed by atoms with van der Waals surface area (Å²) in [6.07, 6.45) is 2.73. The van der Waals surface area contributed by atoms with Crippen LogP contribution >= 0.6 is 24.8 Å². The molecule has 0 saturated carbocycles. The zero-order chi connectivity index (χ0) is 20.3. The quantitative estimate of drug-likeness (QED) is 0.587. The molecule has 8 nitrogen and oxygen atoms in total. The Bertz CT molecular complexity index is 981. The van der Waals surface area contributed by atoms with Gasteiger partial charge in [0.25, 0.3) is 11.5 Å². The van der Waals surface area contributed by atoms with Crippen molar-refractivity contribution >= 4 is 41.8 Å². The molecule has 0 aromatic carbocycles. The summed E-state index contributed by atoms with van der Waals surface area (Å²) in [5.41, 5.74) is 0.192. The normalized spacial score (nSPS) is 15.7. The SMILES string of the molecule is CCCn1c(=O)[nH]c(=O)c2c(C(=O)NCCC3CCNC3)cc(C(C)C)nc21.Cl.Cl. The summed E-state index contributed by atoms with van der Waals surface area (Å²) in [5, 5.41) is 6.44. The van der Waals surface area contributed by atoms with E-state index in [1.54, 1.807) is 6.07 Å². The molecule has 1 aliphatic heterocycles. The first-order chi connectivity index (χ1) is 13.4. The van der Waals surface area contributed by atoms with Crippen molar-refractivity contribution in [1.82, 2.24) is 25.2 Å². The van der Waals surface area contributed by atoms with Gasteiger partial charge in [-0.05, 0) is 50.3 Å². The number of aromatic amines is 1. The van der Waals surface area contributed by atoms with Crippen molar-refractivity contribution in [3.05, 3.63) is 38.2 Å². The number of rotatable bonds is 7. The van der Waals surface area contributed by atoms with Gasteiger partial charge in [-0.3, -0.25) is 19.1 Å². The van der Waals surface area contributed by atoms with E-state index in [2.05, 4.69) is 20.6 Å². The average molecular weight is 460 g/mol. The Labute approximate surface area is 188 Å². The van der Waals surface area contributed by atoms with E-state index >= 15 is 0 Å². The molecule has 1 fully saturated rings. The number of pyridine rings is 1. The van der Waals surface area contributed by atoms with Crippen molar-refractivity contribution in [1.29, 1.82) is 0 Å². The third-order valence-electron chi connectivity index (χ3n) is 5.25. The lowest BCUT2D eigenvalue weighted by Gasteiger charge is -2.15. The molecule has 0 radical (unpaired) electrons. The fourth-order valence-corrected chi connectivity index (χ4v) is 3.65. The molecule has 3 heterocycles. The van der Waals surface area contributed by atoms with Gasteiger partial charge in [0.05, 0.1) is 10.9 Å². The Morgan fingerprint density at radius 3 is 2.67 bits per heavy atom. The number of halogens is 2. The van der Waals surface area contributed by atoms with E-state index in [1.165, 1.54) is 4.57 Å². The summed E-state index contributed by atoms with van der Waals surface area (Å²) in [6, 6.07) is 1.68. The predicted octanol–water partition coefficient (Wildman–Crippen LogP) is 2.19. The summed E-state index contributed by atoms with van der Waals surface area (Å²) in [5.74, 6) is 0.330. The van der Waals surface area contributed by atoms with E-state index < -0.39 is 11.2 Å². The molecule has 1 amide bonds. The molecule has 1 aliphatic rings. The number of aryl methyl sites for hydroxylation is 1. The number of hydrogen-bond donors (Lipinski definition) is 3. The lowest BCUT2D eigenvalue weighted by atomic mass is 10.0. The Balaban J connectivity index is 0.00000225. The molecule has 2 aromatic heterocycles. The summed E-state index contributed by atoms with van der Waals surface area (Å²) in [7, 11) is 0. The lowest BCUT2D eigenvalue weighted by molar-refractivity contribution is 0.0953. The van der Waals surface area contributed by atoms with Gasteiger partial charge >= 0.3 is 5.69 Å². The van der Waals surface area contributed by atoms with Gasteiger partial charge in [-0.1, -0.05) is 20.8 Å². The molecule has 168 valence electrons. The van der Waals surface area contributed by atoms with Gasteiger partial charge in [-0.25, -0.2) is 9.78 Å². The third-order valence-corrected chi connectivity index (χ3v) is 5.25. The summed E-state index contributed by atoms with van der Waals surface area (Å²) in [4.78, 5) is 44.6. The van der Waals surface area contributed by atoms with Crippen LogP contribution in [0.3, 0.4) is 0 Å². The maximum Gasteiger partial charge on any atom is 0.329 e. The fraction of sp³-hybridized carbons (Fsp3) is 0.600. The van der Waals surface area contributed by atoms with E-state index in [0.717, 1.165) is 25.9 Å². The summed E-state index contributed by atoms with van der Waals surface area (Å²) in [6.45, 7) is 8.87. The summed E-state index contributed by atoms with van der Waals surface area (Å²) < 4.78 is 1.45. The molecule has 0 spiro atoms. The Morgan fingerprint density at radius 2 is 2.07 bits per heavy atom. The van der Waals surface area contributed by atoms with Gasteiger partial charge in [-0.15, -0.1) is 24.8 Å². The molecule has 1 saturated heterocycles. The van der Waals surface area contributed by atoms with Crippen molar-refractivity contribution in [2.45, 2.75) is 52.5 Å². The fourth-order valence-electron chi connectivity index (χ4n) is 3.65. The minimum absolute atomic E-state index is 0. The second-order valence-corrected chi connectivity index (χ2v) is 7.76. The number of aromatic nitrogens is 3. The van der Waals surface area contributed by atoms with Crippen LogP contribution in [0.25, 0.3) is 11.0 Å². The van der Waals surface area contributed by atoms with Crippen molar-refractivity contribution < 1.29 is 4.79 Å². The number of hydrogen-bond acceptors (Lipinski definition) is 5. The number of fused-ring (bicyclic) bond motifs is 1. The minimum Gasteiger partial charge on any atom is -0.352 e. The van der Waals surface area contributed by atoms with Gasteiger partial charge in [-0.2, -0.15) is 0 Å². The molecule has 3 N–H and O–H groups in total. The molecule has 2 aromatic rings. The maximum atomic E-state index is 12.9. The van der Waals surface area contributed by atoms with Crippen LogP contribution in [0, 0.1) is 5.92 Å². The van der Waals surface area contributed by atoms with Crippen LogP contribution in [0.5, 0.6) is 0 Å². The van der Waals surface area contributed by atoms with Gasteiger partial charge in [0.1, 0.15) is 0 Å². The highest BCUT2D eigenvalue weighted by atomic mass is 35.5. The number of carbonyl (C=O) groups is 1. The second-order valence-electron chi connectivity index (χ2n) is 7.76. The molecule has 1 unspecified atom stereocenters. The van der Waals surface area contributed by atoms with Crippen molar-refractivity contribution in [2.75, 3.05) is 19.6 Å². The summed E-state index contributed by atoms with van der Waals surface area (Å²) >= 11 is 0. The molecular weight excluding hydrogens is 429 g/mol.